The number of methoxy groups -OCH3 is 1. The molecule has 6 atom stereocenters. The van der Waals surface area contributed by atoms with Crippen LogP contribution in [-0.4, -0.2) is 45.8 Å². The fourth-order valence-corrected chi connectivity index (χ4v) is 9.87. The number of benzene rings is 3. The number of aromatic nitrogens is 1. The van der Waals surface area contributed by atoms with Gasteiger partial charge in [-0.15, -0.1) is 0 Å². The molecule has 1 saturated carbocycles. The summed E-state index contributed by atoms with van der Waals surface area (Å²) in [5.74, 6) is -7.26. The number of nitrogens with zero attached hydrogens (tertiary/aromatic N) is 3. The maximum Gasteiger partial charge on any atom is 0.417 e. The van der Waals surface area contributed by atoms with Crippen LogP contribution in [0.2, 0.25) is 10.0 Å². The Bertz CT molecular complexity index is 2330. The Morgan fingerprint density at radius 3 is 2.33 bits per heavy atom. The van der Waals surface area contributed by atoms with Crippen LogP contribution in [0.3, 0.4) is 0 Å². The van der Waals surface area contributed by atoms with Crippen LogP contribution in [-0.2, 0) is 30.8 Å². The summed E-state index contributed by atoms with van der Waals surface area (Å²) in [4.78, 5) is 63.7. The van der Waals surface area contributed by atoms with Crippen molar-refractivity contribution < 1.29 is 42.2 Å². The number of phenols is 1. The molecule has 282 valence electrons. The van der Waals surface area contributed by atoms with E-state index in [1.807, 2.05) is 28.7 Å². The summed E-state index contributed by atoms with van der Waals surface area (Å²) < 4.78 is 46.4. The molecule has 0 radical (unpaired) electrons. The summed E-state index contributed by atoms with van der Waals surface area (Å²) in [5.41, 5.74) is 1.66. The maximum atomic E-state index is 15.4. The molecule has 2 aliphatic carbocycles. The minimum Gasteiger partial charge on any atom is -0.504 e. The van der Waals surface area contributed by atoms with E-state index in [0.717, 1.165) is 5.01 Å². The molecule has 8 rings (SSSR count). The molecule has 0 bridgehead atoms. The van der Waals surface area contributed by atoms with E-state index in [1.54, 1.807) is 66.7 Å². The van der Waals surface area contributed by atoms with Crippen LogP contribution < -0.4 is 15.1 Å². The lowest BCUT2D eigenvalue weighted by atomic mass is 9.49. The number of hydrogen-bond donors (Lipinski definition) is 2. The number of nitrogens with one attached hydrogen (secondary N) is 1. The van der Waals surface area contributed by atoms with Crippen LogP contribution in [0.4, 0.5) is 24.7 Å². The van der Waals surface area contributed by atoms with Gasteiger partial charge >= 0.3 is 6.18 Å². The highest BCUT2D eigenvalue weighted by Crippen LogP contribution is 2.64. The maximum absolute atomic E-state index is 15.4. The average Bonchev–Trinajstić information content (AvgIpc) is 3.54. The third-order valence-corrected chi connectivity index (χ3v) is 12.5. The Morgan fingerprint density at radius 2 is 1.67 bits per heavy atom. The molecular formula is C39H28Cl2F3IN4O6. The van der Waals surface area contributed by atoms with Crippen molar-refractivity contribution in [2.45, 2.75) is 30.4 Å². The molecule has 16 heteroatoms. The summed E-state index contributed by atoms with van der Waals surface area (Å²) in [6, 6.07) is 18.9. The summed E-state index contributed by atoms with van der Waals surface area (Å²) in [6.45, 7) is 0. The Morgan fingerprint density at radius 1 is 0.964 bits per heavy atom. The summed E-state index contributed by atoms with van der Waals surface area (Å²) >= 11 is 14.5. The number of imide groups is 2. The normalized spacial score (nSPS) is 26.1. The lowest BCUT2D eigenvalue weighted by Crippen LogP contribution is -2.53. The third kappa shape index (κ3) is 5.69. The number of hydrazine groups is 1. The summed E-state index contributed by atoms with van der Waals surface area (Å²) in [7, 11) is 1.37. The predicted molar refractivity (Wildman–Crippen MR) is 203 cm³/mol. The second-order valence-corrected chi connectivity index (χ2v) is 15.8. The van der Waals surface area contributed by atoms with Gasteiger partial charge in [0.2, 0.25) is 11.8 Å². The Kier molecular flexibility index (Phi) is 9.16. The van der Waals surface area contributed by atoms with Gasteiger partial charge in [0.25, 0.3) is 11.8 Å². The van der Waals surface area contributed by atoms with Gasteiger partial charge in [-0.3, -0.25) is 29.5 Å². The fraction of sp³-hybridized carbons (Fsp3) is 0.256. The number of phenolic OH excluding ortho intramolecular Hbond substituents is 1. The number of ether oxygens (including phenoxy) is 1. The van der Waals surface area contributed by atoms with Gasteiger partial charge in [0.05, 0.1) is 50.1 Å². The molecule has 3 fully saturated rings. The van der Waals surface area contributed by atoms with E-state index < -0.39 is 69.5 Å². The molecule has 4 aliphatic rings. The number of hydrogen-bond acceptors (Lipinski definition) is 8. The van der Waals surface area contributed by atoms with Gasteiger partial charge in [0.15, 0.2) is 17.3 Å². The van der Waals surface area contributed by atoms with Crippen LogP contribution in [0, 0.1) is 27.2 Å². The van der Waals surface area contributed by atoms with Gasteiger partial charge in [-0.1, -0.05) is 65.2 Å². The number of aromatic hydroxyl groups is 1. The smallest absolute Gasteiger partial charge is 0.417 e. The van der Waals surface area contributed by atoms with E-state index in [9.17, 15) is 32.7 Å². The SMILES string of the molecule is COc1cc([C@H]2C3=CC[C@@H]4C(=O)N(c5ccccc5)C(=O)[C@@H]4[C@@H]3C[C@H]3C(=O)N(Nc4ncc(C(F)(F)F)cc4Cl)C(=O)[C@@]23c2ccc(Cl)cc2)cc(I)c1O. The quantitative estimate of drug-likeness (QED) is 0.114. The number of carbonyl (C=O) groups excluding carboxylic acids is 4. The van der Waals surface area contributed by atoms with Gasteiger partial charge in [0.1, 0.15) is 0 Å². The number of fused-ring (bicyclic) bond motifs is 4. The largest absolute Gasteiger partial charge is 0.504 e. The number of para-hydroxylation sites is 1. The van der Waals surface area contributed by atoms with Crippen LogP contribution in [0.25, 0.3) is 0 Å². The van der Waals surface area contributed by atoms with Crippen LogP contribution in [0.5, 0.6) is 11.5 Å². The minimum absolute atomic E-state index is 0.0446. The van der Waals surface area contributed by atoms with E-state index >= 15 is 4.79 Å². The van der Waals surface area contributed by atoms with E-state index in [2.05, 4.69) is 10.4 Å². The topological polar surface area (TPSA) is 129 Å². The van der Waals surface area contributed by atoms with Crippen molar-refractivity contribution in [3.63, 3.8) is 0 Å². The molecule has 3 heterocycles. The van der Waals surface area contributed by atoms with Crippen molar-refractivity contribution in [3.8, 4) is 11.5 Å². The lowest BCUT2D eigenvalue weighted by molar-refractivity contribution is -0.139. The fourth-order valence-electron chi connectivity index (χ4n) is 8.91. The van der Waals surface area contributed by atoms with Gasteiger partial charge < -0.3 is 9.84 Å². The number of carbonyl (C=O) groups is 4. The predicted octanol–water partition coefficient (Wildman–Crippen LogP) is 7.92. The van der Waals surface area contributed by atoms with Gasteiger partial charge in [-0.2, -0.15) is 18.2 Å². The van der Waals surface area contributed by atoms with Crippen molar-refractivity contribution in [1.29, 1.82) is 0 Å². The molecule has 10 nitrogen and oxygen atoms in total. The first-order valence-electron chi connectivity index (χ1n) is 17.0. The monoisotopic (exact) mass is 902 g/mol. The zero-order chi connectivity index (χ0) is 39.1. The zero-order valence-corrected chi connectivity index (χ0v) is 32.2. The molecule has 2 N–H and O–H groups in total. The first-order valence-corrected chi connectivity index (χ1v) is 18.8. The molecular weight excluding hydrogens is 875 g/mol. The number of amides is 4. The molecule has 2 aliphatic heterocycles. The minimum atomic E-state index is -4.75. The van der Waals surface area contributed by atoms with E-state index in [-0.39, 0.29) is 36.1 Å². The molecule has 0 unspecified atom stereocenters. The number of alkyl halides is 3. The second kappa shape index (κ2) is 13.5. The van der Waals surface area contributed by atoms with Crippen LogP contribution in [0.1, 0.15) is 35.4 Å². The first-order chi connectivity index (χ1) is 26.2. The molecule has 1 aromatic heterocycles. The number of rotatable bonds is 6. The number of halogens is 6. The first kappa shape index (κ1) is 37.3. The molecule has 3 aromatic carbocycles. The number of anilines is 2. The van der Waals surface area contributed by atoms with Gasteiger partial charge in [-0.25, -0.2) is 4.98 Å². The van der Waals surface area contributed by atoms with Crippen LogP contribution >= 0.6 is 45.8 Å². The summed E-state index contributed by atoms with van der Waals surface area (Å²) in [5, 5.41) is 11.5. The molecule has 4 amide bonds. The molecule has 2 saturated heterocycles. The lowest BCUT2D eigenvalue weighted by Gasteiger charge is -2.50. The van der Waals surface area contributed by atoms with Crippen LogP contribution in [0.15, 0.2) is 90.6 Å². The Balaban J connectivity index is 1.34. The summed E-state index contributed by atoms with van der Waals surface area (Å²) in [6.07, 6.45) is -2.22. The zero-order valence-electron chi connectivity index (χ0n) is 28.5. The van der Waals surface area contributed by atoms with E-state index in [1.165, 1.54) is 12.0 Å². The van der Waals surface area contributed by atoms with Crippen molar-refractivity contribution in [2.75, 3.05) is 17.4 Å². The number of allylic oxidation sites excluding steroid dienone is 2. The van der Waals surface area contributed by atoms with E-state index in [4.69, 9.17) is 27.9 Å². The molecule has 0 spiro atoms. The Hall–Kier alpha value is -4.67. The highest BCUT2D eigenvalue weighted by molar-refractivity contribution is 14.1. The van der Waals surface area contributed by atoms with Gasteiger partial charge in [0, 0.05) is 17.1 Å². The van der Waals surface area contributed by atoms with Crippen molar-refractivity contribution in [3.05, 3.63) is 121 Å². The van der Waals surface area contributed by atoms with Gasteiger partial charge in [-0.05, 0) is 94.9 Å². The highest BCUT2D eigenvalue weighted by atomic mass is 127. The Labute approximate surface area is 335 Å². The highest BCUT2D eigenvalue weighted by Gasteiger charge is 2.70. The molecule has 55 heavy (non-hydrogen) atoms. The third-order valence-electron chi connectivity index (χ3n) is 11.2. The van der Waals surface area contributed by atoms with Crippen molar-refractivity contribution >= 4 is 80.9 Å². The van der Waals surface area contributed by atoms with Crippen molar-refractivity contribution in [2.24, 2.45) is 23.7 Å². The van der Waals surface area contributed by atoms with E-state index in [0.29, 0.717) is 43.2 Å². The molecule has 4 aromatic rings. The average molecular weight is 903 g/mol. The number of pyridine rings is 1. The standard InChI is InChI=1S/C39H28Cl2F3IN4O6/c1-55-29-14-18(13-28(45)32(29)50)31-23-11-12-24-30(36(53)48(34(24)51)22-5-3-2-4-6-22)25(23)16-26-35(52)49(37(54)38(26,31)19-7-9-21(40)10-8-19)47-33-27(41)15-20(17-46-33)39(42,43)44/h2-11,13-15,17,24-26,30-31,50H,12,16H2,1H3,(H,46,47)/t24-,25+,26-,30-,31-,38+/m0/s1. The second-order valence-electron chi connectivity index (χ2n) is 13.8. The van der Waals surface area contributed by atoms with Crippen molar-refractivity contribution in [1.82, 2.24) is 9.99 Å².